The van der Waals surface area contributed by atoms with E-state index in [0.717, 1.165) is 5.56 Å². The molecule has 0 bridgehead atoms. The molecule has 180 valence electrons. The minimum Gasteiger partial charge on any atom is -0.463 e. The number of nitrogens with zero attached hydrogens (tertiary/aromatic N) is 3. The van der Waals surface area contributed by atoms with Crippen LogP contribution in [0.4, 0.5) is 9.59 Å². The first kappa shape index (κ1) is 24.6. The Morgan fingerprint density at radius 1 is 1.12 bits per heavy atom. The Labute approximate surface area is 195 Å². The molecule has 2 aliphatic rings. The van der Waals surface area contributed by atoms with E-state index in [1.165, 1.54) is 4.90 Å². The van der Waals surface area contributed by atoms with Crippen LogP contribution >= 0.6 is 0 Å². The van der Waals surface area contributed by atoms with Crippen molar-refractivity contribution in [2.75, 3.05) is 46.4 Å². The van der Waals surface area contributed by atoms with Crippen LogP contribution in [-0.2, 0) is 9.53 Å². The lowest BCUT2D eigenvalue weighted by molar-refractivity contribution is -0.139. The maximum Gasteiger partial charge on any atom is 0.338 e. The molecule has 0 saturated carbocycles. The van der Waals surface area contributed by atoms with Crippen molar-refractivity contribution in [3.8, 4) is 0 Å². The van der Waals surface area contributed by atoms with Gasteiger partial charge in [-0.1, -0.05) is 30.3 Å². The first-order chi connectivity index (χ1) is 15.6. The fourth-order valence-corrected chi connectivity index (χ4v) is 4.01. The molecule has 2 heterocycles. The number of hydrogen-bond donors (Lipinski definition) is 2. The average Bonchev–Trinajstić information content (AvgIpc) is 2.76. The molecule has 9 nitrogen and oxygen atoms in total. The number of carbonyl (C=O) groups is 3. The maximum atomic E-state index is 13.0. The van der Waals surface area contributed by atoms with Crippen molar-refractivity contribution >= 4 is 18.0 Å². The van der Waals surface area contributed by atoms with E-state index in [0.29, 0.717) is 44.0 Å². The molecular formula is C24H35N5O4. The number of hydrogen-bond acceptors (Lipinski definition) is 5. The third-order valence-electron chi connectivity index (χ3n) is 5.72. The summed E-state index contributed by atoms with van der Waals surface area (Å²) in [6.07, 6.45) is 0. The molecule has 1 fully saturated rings. The van der Waals surface area contributed by atoms with E-state index < -0.39 is 12.0 Å². The molecule has 2 N–H and O–H groups in total. The summed E-state index contributed by atoms with van der Waals surface area (Å²) >= 11 is 0. The number of nitrogens with one attached hydrogen (secondary N) is 2. The minimum atomic E-state index is -0.581. The Balaban J connectivity index is 1.82. The monoisotopic (exact) mass is 457 g/mol. The van der Waals surface area contributed by atoms with Crippen LogP contribution in [-0.4, -0.2) is 84.6 Å². The lowest BCUT2D eigenvalue weighted by Gasteiger charge is -2.40. The van der Waals surface area contributed by atoms with E-state index >= 15 is 0 Å². The standard InChI is InChI=1S/C24H35N5O4/c1-6-33-21(30)19-18(27(5)22(31)25-20(19)17-10-8-7-9-11-17)16-28-12-14-29(15-13-28)23(32)26-24(2,3)4/h7-11,20H,6,12-16H2,1-5H3,(H,25,31)(H,26,32). The molecule has 3 rings (SSSR count). The number of amides is 4. The second-order valence-corrected chi connectivity index (χ2v) is 9.38. The highest BCUT2D eigenvalue weighted by Gasteiger charge is 2.37. The van der Waals surface area contributed by atoms with Crippen LogP contribution in [0.2, 0.25) is 0 Å². The molecule has 0 spiro atoms. The van der Waals surface area contributed by atoms with Crippen LogP contribution < -0.4 is 10.6 Å². The van der Waals surface area contributed by atoms with Crippen LogP contribution in [0.15, 0.2) is 41.6 Å². The fourth-order valence-electron chi connectivity index (χ4n) is 4.01. The molecule has 0 aliphatic carbocycles. The number of rotatable bonds is 5. The summed E-state index contributed by atoms with van der Waals surface area (Å²) in [7, 11) is 1.66. The van der Waals surface area contributed by atoms with Crippen molar-refractivity contribution in [3.63, 3.8) is 0 Å². The summed E-state index contributed by atoms with van der Waals surface area (Å²) < 4.78 is 5.38. The van der Waals surface area contributed by atoms with Gasteiger partial charge in [0.1, 0.15) is 0 Å². The van der Waals surface area contributed by atoms with Gasteiger partial charge in [-0.15, -0.1) is 0 Å². The van der Waals surface area contributed by atoms with Gasteiger partial charge in [-0.2, -0.15) is 0 Å². The lowest BCUT2D eigenvalue weighted by Crippen LogP contribution is -2.56. The van der Waals surface area contributed by atoms with Crippen molar-refractivity contribution in [2.24, 2.45) is 0 Å². The first-order valence-electron chi connectivity index (χ1n) is 11.4. The first-order valence-corrected chi connectivity index (χ1v) is 11.4. The van der Waals surface area contributed by atoms with Crippen LogP contribution in [0.5, 0.6) is 0 Å². The van der Waals surface area contributed by atoms with Gasteiger partial charge in [0.05, 0.1) is 18.2 Å². The van der Waals surface area contributed by atoms with E-state index in [4.69, 9.17) is 4.74 Å². The number of urea groups is 2. The highest BCUT2D eigenvalue weighted by atomic mass is 16.5. The molecule has 9 heteroatoms. The van der Waals surface area contributed by atoms with Crippen molar-refractivity contribution in [1.29, 1.82) is 0 Å². The van der Waals surface area contributed by atoms with E-state index in [9.17, 15) is 14.4 Å². The molecule has 0 aromatic heterocycles. The predicted molar refractivity (Wildman–Crippen MR) is 125 cm³/mol. The second kappa shape index (κ2) is 10.2. The molecular weight excluding hydrogens is 422 g/mol. The summed E-state index contributed by atoms with van der Waals surface area (Å²) in [5.74, 6) is -0.434. The van der Waals surface area contributed by atoms with Gasteiger partial charge >= 0.3 is 18.0 Å². The maximum absolute atomic E-state index is 13.0. The van der Waals surface area contributed by atoms with Gasteiger partial charge in [-0.25, -0.2) is 14.4 Å². The van der Waals surface area contributed by atoms with Crippen molar-refractivity contribution in [3.05, 3.63) is 47.2 Å². The Hall–Kier alpha value is -3.07. The lowest BCUT2D eigenvalue weighted by atomic mass is 9.94. The zero-order valence-corrected chi connectivity index (χ0v) is 20.2. The van der Waals surface area contributed by atoms with E-state index in [-0.39, 0.29) is 24.2 Å². The van der Waals surface area contributed by atoms with Gasteiger partial charge < -0.3 is 20.3 Å². The van der Waals surface area contributed by atoms with Gasteiger partial charge in [0.15, 0.2) is 0 Å². The zero-order valence-electron chi connectivity index (χ0n) is 20.2. The van der Waals surface area contributed by atoms with Crippen molar-refractivity contribution in [2.45, 2.75) is 39.3 Å². The van der Waals surface area contributed by atoms with Crippen LogP contribution in [0.3, 0.4) is 0 Å². The van der Waals surface area contributed by atoms with Crippen LogP contribution in [0.1, 0.15) is 39.3 Å². The predicted octanol–water partition coefficient (Wildman–Crippen LogP) is 2.33. The quantitative estimate of drug-likeness (QED) is 0.662. The summed E-state index contributed by atoms with van der Waals surface area (Å²) in [6, 6.07) is 8.50. The smallest absolute Gasteiger partial charge is 0.338 e. The summed E-state index contributed by atoms with van der Waals surface area (Å²) in [6.45, 7) is 10.7. The van der Waals surface area contributed by atoms with E-state index in [1.807, 2.05) is 51.1 Å². The van der Waals surface area contributed by atoms with Gasteiger partial charge in [0.2, 0.25) is 0 Å². The highest BCUT2D eigenvalue weighted by molar-refractivity contribution is 5.95. The molecule has 1 atom stereocenters. The van der Waals surface area contributed by atoms with Crippen molar-refractivity contribution < 1.29 is 19.1 Å². The van der Waals surface area contributed by atoms with Crippen LogP contribution in [0.25, 0.3) is 0 Å². The number of esters is 1. The van der Waals surface area contributed by atoms with Gasteiger partial charge in [-0.05, 0) is 33.3 Å². The Bertz CT molecular complexity index is 901. The Morgan fingerprint density at radius 3 is 2.33 bits per heavy atom. The Morgan fingerprint density at radius 2 is 1.76 bits per heavy atom. The number of carbonyl (C=O) groups excluding carboxylic acids is 3. The molecule has 1 unspecified atom stereocenters. The third-order valence-corrected chi connectivity index (χ3v) is 5.72. The number of likely N-dealkylation sites (N-methyl/N-ethyl adjacent to an activating group) is 1. The largest absolute Gasteiger partial charge is 0.463 e. The van der Waals surface area contributed by atoms with Gasteiger partial charge in [0.25, 0.3) is 0 Å². The average molecular weight is 458 g/mol. The molecule has 33 heavy (non-hydrogen) atoms. The van der Waals surface area contributed by atoms with E-state index in [1.54, 1.807) is 18.9 Å². The molecule has 1 saturated heterocycles. The summed E-state index contributed by atoms with van der Waals surface area (Å²) in [4.78, 5) is 43.7. The minimum absolute atomic E-state index is 0.0770. The van der Waals surface area contributed by atoms with Crippen LogP contribution in [0, 0.1) is 0 Å². The zero-order chi connectivity index (χ0) is 24.2. The van der Waals surface area contributed by atoms with Gasteiger partial charge in [0, 0.05) is 51.0 Å². The second-order valence-electron chi connectivity index (χ2n) is 9.38. The SMILES string of the molecule is CCOC(=O)C1=C(CN2CCN(C(=O)NC(C)(C)C)CC2)N(C)C(=O)NC1c1ccccc1. The normalized spacial score (nSPS) is 19.9. The molecule has 1 aromatic rings. The van der Waals surface area contributed by atoms with Gasteiger partial charge in [-0.3, -0.25) is 9.80 Å². The molecule has 0 radical (unpaired) electrons. The topological polar surface area (TPSA) is 94.2 Å². The third kappa shape index (κ3) is 6.04. The molecule has 2 aliphatic heterocycles. The number of benzene rings is 1. The van der Waals surface area contributed by atoms with E-state index in [2.05, 4.69) is 15.5 Å². The Kier molecular flexibility index (Phi) is 7.63. The van der Waals surface area contributed by atoms with Crippen molar-refractivity contribution in [1.82, 2.24) is 25.3 Å². The number of piperazine rings is 1. The molecule has 4 amide bonds. The summed E-state index contributed by atoms with van der Waals surface area (Å²) in [5.41, 5.74) is 1.60. The highest BCUT2D eigenvalue weighted by Crippen LogP contribution is 2.31. The molecule has 1 aromatic carbocycles. The summed E-state index contributed by atoms with van der Waals surface area (Å²) in [5, 5.41) is 5.93. The fraction of sp³-hybridized carbons (Fsp3) is 0.542. The number of ether oxygens (including phenoxy) is 1.